The Morgan fingerprint density at radius 1 is 1.79 bits per heavy atom. The molecule has 1 unspecified atom stereocenters. The molecule has 1 aromatic heterocycles. The van der Waals surface area contributed by atoms with Crippen molar-refractivity contribution in [2.45, 2.75) is 6.92 Å². The molecule has 0 radical (unpaired) electrons. The predicted molar refractivity (Wildman–Crippen MR) is 55.7 cm³/mol. The van der Waals surface area contributed by atoms with Crippen LogP contribution in [0.4, 0.5) is 11.5 Å². The summed E-state index contributed by atoms with van der Waals surface area (Å²) >= 11 is 0. The first-order valence-electron chi connectivity index (χ1n) is 4.44. The molecule has 1 heterocycles. The van der Waals surface area contributed by atoms with Crippen LogP contribution in [0, 0.1) is 17.2 Å². The van der Waals surface area contributed by atoms with Gasteiger partial charge >= 0.3 is 0 Å². The van der Waals surface area contributed by atoms with Crippen LogP contribution >= 0.6 is 0 Å². The number of hydrogen-bond donors (Lipinski definition) is 1. The van der Waals surface area contributed by atoms with Crippen molar-refractivity contribution in [2.75, 3.05) is 24.2 Å². The number of nitrogens with two attached hydrogens (primary N) is 1. The highest BCUT2D eigenvalue weighted by molar-refractivity contribution is 5.61. The number of nitrogen functional groups attached to an aromatic ring is 1. The Morgan fingerprint density at radius 2 is 2.43 bits per heavy atom. The van der Waals surface area contributed by atoms with Gasteiger partial charge in [0.2, 0.25) is 0 Å². The Kier molecular flexibility index (Phi) is 2.97. The van der Waals surface area contributed by atoms with Gasteiger partial charge in [0, 0.05) is 26.8 Å². The normalized spacial score (nSPS) is 12.1. The van der Waals surface area contributed by atoms with Gasteiger partial charge in [-0.2, -0.15) is 10.4 Å². The van der Waals surface area contributed by atoms with Crippen LogP contribution in [0.3, 0.4) is 0 Å². The zero-order valence-electron chi connectivity index (χ0n) is 8.73. The summed E-state index contributed by atoms with van der Waals surface area (Å²) in [4.78, 5) is 1.89. The molecule has 0 aromatic carbocycles. The van der Waals surface area contributed by atoms with Gasteiger partial charge in [-0.25, -0.2) is 0 Å². The number of anilines is 2. The fraction of sp³-hybridized carbons (Fsp3) is 0.556. The Hall–Kier alpha value is -1.70. The quantitative estimate of drug-likeness (QED) is 0.763. The fourth-order valence-corrected chi connectivity index (χ4v) is 1.33. The van der Waals surface area contributed by atoms with Gasteiger partial charge in [-0.05, 0) is 6.92 Å². The summed E-state index contributed by atoms with van der Waals surface area (Å²) < 4.78 is 1.66. The summed E-state index contributed by atoms with van der Waals surface area (Å²) in [5.74, 6) is 0.705. The highest BCUT2D eigenvalue weighted by Gasteiger charge is 2.12. The maximum absolute atomic E-state index is 8.67. The lowest BCUT2D eigenvalue weighted by Crippen LogP contribution is -2.24. The van der Waals surface area contributed by atoms with Gasteiger partial charge < -0.3 is 10.6 Å². The van der Waals surface area contributed by atoms with Crippen molar-refractivity contribution in [1.29, 1.82) is 5.26 Å². The van der Waals surface area contributed by atoms with Crippen molar-refractivity contribution >= 4 is 11.5 Å². The van der Waals surface area contributed by atoms with Gasteiger partial charge in [0.25, 0.3) is 0 Å². The second-order valence-electron chi connectivity index (χ2n) is 3.49. The Morgan fingerprint density at radius 3 is 2.86 bits per heavy atom. The van der Waals surface area contributed by atoms with Gasteiger partial charge in [0.15, 0.2) is 5.82 Å². The van der Waals surface area contributed by atoms with Gasteiger partial charge in [-0.15, -0.1) is 0 Å². The monoisotopic (exact) mass is 193 g/mol. The van der Waals surface area contributed by atoms with Crippen LogP contribution in [0.25, 0.3) is 0 Å². The average molecular weight is 193 g/mol. The third-order valence-corrected chi connectivity index (χ3v) is 1.97. The molecule has 5 nitrogen and oxygen atoms in total. The summed E-state index contributed by atoms with van der Waals surface area (Å²) in [6.45, 7) is 2.51. The zero-order chi connectivity index (χ0) is 10.7. The highest BCUT2D eigenvalue weighted by atomic mass is 15.3. The number of nitriles is 1. The Bertz CT molecular complexity index is 349. The van der Waals surface area contributed by atoms with Gasteiger partial charge in [-0.1, -0.05) is 0 Å². The van der Waals surface area contributed by atoms with Crippen LogP contribution in [0.5, 0.6) is 0 Å². The molecule has 2 N–H and O–H groups in total. The van der Waals surface area contributed by atoms with Crippen LogP contribution in [0.15, 0.2) is 6.20 Å². The SMILES string of the molecule is CC(C#N)CN(C)c1nn(C)cc1N. The lowest BCUT2D eigenvalue weighted by molar-refractivity contribution is 0.694. The molecular weight excluding hydrogens is 178 g/mol. The van der Waals surface area contributed by atoms with E-state index < -0.39 is 0 Å². The minimum atomic E-state index is -0.0265. The lowest BCUT2D eigenvalue weighted by atomic mass is 10.2. The molecule has 0 amide bonds. The summed E-state index contributed by atoms with van der Waals surface area (Å²) in [5, 5.41) is 12.9. The molecule has 14 heavy (non-hydrogen) atoms. The number of aryl methyl sites for hydroxylation is 1. The van der Waals surface area contributed by atoms with E-state index in [0.29, 0.717) is 12.2 Å². The molecule has 0 bridgehead atoms. The molecule has 1 atom stereocenters. The first kappa shape index (κ1) is 10.4. The smallest absolute Gasteiger partial charge is 0.173 e. The predicted octanol–water partition coefficient (Wildman–Crippen LogP) is 0.598. The number of aromatic nitrogens is 2. The largest absolute Gasteiger partial charge is 0.394 e. The Balaban J connectivity index is 2.75. The van der Waals surface area contributed by atoms with Crippen molar-refractivity contribution in [3.05, 3.63) is 6.20 Å². The van der Waals surface area contributed by atoms with Gasteiger partial charge in [0.05, 0.1) is 17.7 Å². The topological polar surface area (TPSA) is 70.9 Å². The molecular formula is C9H15N5. The Labute approximate surface area is 83.7 Å². The molecule has 0 saturated heterocycles. The third-order valence-electron chi connectivity index (χ3n) is 1.97. The molecule has 1 aromatic rings. The maximum atomic E-state index is 8.67. The van der Waals surface area contributed by atoms with Crippen LogP contribution in [-0.4, -0.2) is 23.4 Å². The number of nitrogens with zero attached hydrogens (tertiary/aromatic N) is 4. The molecule has 0 aliphatic carbocycles. The van der Waals surface area contributed by atoms with E-state index in [0.717, 1.165) is 5.82 Å². The van der Waals surface area contributed by atoms with Gasteiger partial charge in [-0.3, -0.25) is 4.68 Å². The average Bonchev–Trinajstić information content (AvgIpc) is 2.45. The minimum Gasteiger partial charge on any atom is -0.394 e. The zero-order valence-corrected chi connectivity index (χ0v) is 8.73. The van der Waals surface area contributed by atoms with Crippen molar-refractivity contribution in [3.63, 3.8) is 0 Å². The minimum absolute atomic E-state index is 0.0265. The standard InChI is InChI=1S/C9H15N5/c1-7(4-10)5-13(2)9-8(11)6-14(3)12-9/h6-7H,5,11H2,1-3H3. The highest BCUT2D eigenvalue weighted by Crippen LogP contribution is 2.19. The first-order chi connectivity index (χ1) is 6.54. The molecule has 0 fully saturated rings. The third kappa shape index (κ3) is 2.16. The molecule has 0 aliphatic rings. The van der Waals surface area contributed by atoms with E-state index in [4.69, 9.17) is 11.0 Å². The first-order valence-corrected chi connectivity index (χ1v) is 4.44. The van der Waals surface area contributed by atoms with Crippen LogP contribution in [0.1, 0.15) is 6.92 Å². The summed E-state index contributed by atoms with van der Waals surface area (Å²) in [6, 6.07) is 2.17. The number of hydrogen-bond acceptors (Lipinski definition) is 4. The maximum Gasteiger partial charge on any atom is 0.173 e. The van der Waals surface area contributed by atoms with Crippen LogP contribution < -0.4 is 10.6 Å². The van der Waals surface area contributed by atoms with Gasteiger partial charge in [0.1, 0.15) is 0 Å². The van der Waals surface area contributed by atoms with Crippen LogP contribution in [-0.2, 0) is 7.05 Å². The summed E-state index contributed by atoms with van der Waals surface area (Å²) in [5.41, 5.74) is 6.39. The van der Waals surface area contributed by atoms with Crippen LogP contribution in [0.2, 0.25) is 0 Å². The lowest BCUT2D eigenvalue weighted by Gasteiger charge is -2.17. The van der Waals surface area contributed by atoms with E-state index in [9.17, 15) is 0 Å². The van der Waals surface area contributed by atoms with E-state index >= 15 is 0 Å². The number of rotatable bonds is 3. The second-order valence-corrected chi connectivity index (χ2v) is 3.49. The van der Waals surface area contributed by atoms with E-state index in [1.807, 2.05) is 25.9 Å². The van der Waals surface area contributed by atoms with E-state index in [1.165, 1.54) is 0 Å². The molecule has 0 saturated carbocycles. The molecule has 0 aliphatic heterocycles. The summed E-state index contributed by atoms with van der Waals surface area (Å²) in [6.07, 6.45) is 1.75. The van der Waals surface area contributed by atoms with Crippen molar-refractivity contribution < 1.29 is 0 Å². The van der Waals surface area contributed by atoms with Crippen molar-refractivity contribution in [3.8, 4) is 6.07 Å². The van der Waals surface area contributed by atoms with Crippen molar-refractivity contribution in [1.82, 2.24) is 9.78 Å². The van der Waals surface area contributed by atoms with E-state index in [1.54, 1.807) is 10.9 Å². The van der Waals surface area contributed by atoms with Crippen molar-refractivity contribution in [2.24, 2.45) is 13.0 Å². The van der Waals surface area contributed by atoms with E-state index in [2.05, 4.69) is 11.2 Å². The van der Waals surface area contributed by atoms with E-state index in [-0.39, 0.29) is 5.92 Å². The molecule has 5 heteroatoms. The molecule has 76 valence electrons. The molecule has 0 spiro atoms. The fourth-order valence-electron chi connectivity index (χ4n) is 1.33. The molecule has 1 rings (SSSR count). The summed E-state index contributed by atoms with van der Waals surface area (Å²) in [7, 11) is 3.70. The second kappa shape index (κ2) is 4.01.